The van der Waals surface area contributed by atoms with Crippen LogP contribution in [0.1, 0.15) is 10.4 Å². The summed E-state index contributed by atoms with van der Waals surface area (Å²) in [6, 6.07) is 1.64. The van der Waals surface area contributed by atoms with Gasteiger partial charge in [-0.25, -0.2) is 9.18 Å². The largest absolute Gasteiger partial charge is 0.480 e. The third-order valence-corrected chi connectivity index (χ3v) is 3.83. The van der Waals surface area contributed by atoms with E-state index in [1.54, 1.807) is 0 Å². The lowest BCUT2D eigenvalue weighted by molar-refractivity contribution is -0.385. The number of carbonyl (C=O) groups is 2. The zero-order valence-electron chi connectivity index (χ0n) is 9.98. The van der Waals surface area contributed by atoms with E-state index in [1.165, 1.54) is 11.8 Å². The molecule has 2 rings (SSSR count). The predicted octanol–water partition coefficient (Wildman–Crippen LogP) is 1.33. The van der Waals surface area contributed by atoms with Crippen molar-refractivity contribution in [1.29, 1.82) is 0 Å². The second kappa shape index (κ2) is 5.45. The number of carboxylic acids is 1. The minimum atomic E-state index is -1.16. The molecule has 0 aliphatic carbocycles. The summed E-state index contributed by atoms with van der Waals surface area (Å²) in [4.78, 5) is 33.8. The van der Waals surface area contributed by atoms with Crippen LogP contribution in [0.5, 0.6) is 0 Å². The van der Waals surface area contributed by atoms with Crippen molar-refractivity contribution >= 4 is 29.3 Å². The Bertz CT molecular complexity index is 594. The van der Waals surface area contributed by atoms with Gasteiger partial charge in [0.1, 0.15) is 11.9 Å². The Morgan fingerprint density at radius 3 is 2.75 bits per heavy atom. The summed E-state index contributed by atoms with van der Waals surface area (Å²) < 4.78 is 13.7. The molecule has 0 aromatic heterocycles. The van der Waals surface area contributed by atoms with Crippen molar-refractivity contribution in [3.63, 3.8) is 0 Å². The normalized spacial score (nSPS) is 18.1. The number of nitrogens with zero attached hydrogens (tertiary/aromatic N) is 2. The number of carboxylic acid groups (broad SMARTS) is 1. The molecule has 20 heavy (non-hydrogen) atoms. The topological polar surface area (TPSA) is 101 Å². The molecule has 1 aliphatic heterocycles. The lowest BCUT2D eigenvalue weighted by atomic mass is 10.1. The molecule has 1 aromatic carbocycles. The first-order valence-corrected chi connectivity index (χ1v) is 6.62. The number of aliphatic carboxylic acids is 1. The number of nitro benzene ring substituents is 1. The molecule has 9 heteroatoms. The van der Waals surface area contributed by atoms with E-state index in [0.29, 0.717) is 6.07 Å². The Morgan fingerprint density at radius 1 is 1.50 bits per heavy atom. The lowest BCUT2D eigenvalue weighted by Crippen LogP contribution is -2.42. The van der Waals surface area contributed by atoms with Crippen molar-refractivity contribution in [2.45, 2.75) is 6.04 Å². The zero-order valence-corrected chi connectivity index (χ0v) is 10.8. The summed E-state index contributed by atoms with van der Waals surface area (Å²) in [5.74, 6) is -2.60. The second-order valence-electron chi connectivity index (χ2n) is 4.05. The summed E-state index contributed by atoms with van der Waals surface area (Å²) >= 11 is 1.25. The van der Waals surface area contributed by atoms with Crippen molar-refractivity contribution in [1.82, 2.24) is 4.90 Å². The summed E-state index contributed by atoms with van der Waals surface area (Å²) in [5, 5.41) is 19.5. The number of halogens is 1. The van der Waals surface area contributed by atoms with Crippen LogP contribution in [0.15, 0.2) is 18.2 Å². The van der Waals surface area contributed by atoms with Gasteiger partial charge in [0.2, 0.25) is 0 Å². The van der Waals surface area contributed by atoms with Crippen LogP contribution in [0.25, 0.3) is 0 Å². The van der Waals surface area contributed by atoms with E-state index in [4.69, 9.17) is 5.11 Å². The van der Waals surface area contributed by atoms with Gasteiger partial charge in [0, 0.05) is 11.8 Å². The second-order valence-corrected chi connectivity index (χ2v) is 5.05. The lowest BCUT2D eigenvalue weighted by Gasteiger charge is -2.20. The molecular weight excluding hydrogens is 291 g/mol. The SMILES string of the molecule is O=C(O)C1CSCN1C(=O)c1ccc([N+](=O)[O-])cc1F. The average molecular weight is 300 g/mol. The quantitative estimate of drug-likeness (QED) is 0.667. The summed E-state index contributed by atoms with van der Waals surface area (Å²) in [7, 11) is 0. The number of thioether (sulfide) groups is 1. The van der Waals surface area contributed by atoms with Gasteiger partial charge >= 0.3 is 5.97 Å². The molecule has 1 aromatic rings. The van der Waals surface area contributed by atoms with Crippen molar-refractivity contribution in [2.24, 2.45) is 0 Å². The first-order chi connectivity index (χ1) is 9.41. The molecule has 1 saturated heterocycles. The molecule has 1 amide bonds. The summed E-state index contributed by atoms with van der Waals surface area (Å²) in [6.45, 7) is 0. The molecule has 7 nitrogen and oxygen atoms in total. The highest BCUT2D eigenvalue weighted by Crippen LogP contribution is 2.25. The van der Waals surface area contributed by atoms with Gasteiger partial charge in [-0.05, 0) is 6.07 Å². The average Bonchev–Trinajstić information content (AvgIpc) is 2.87. The molecular formula is C11H9FN2O5S. The molecule has 0 bridgehead atoms. The van der Waals surface area contributed by atoms with Crippen LogP contribution in [0, 0.1) is 15.9 Å². The van der Waals surface area contributed by atoms with Crippen LogP contribution in [0.2, 0.25) is 0 Å². The smallest absolute Gasteiger partial charge is 0.327 e. The molecule has 1 unspecified atom stereocenters. The van der Waals surface area contributed by atoms with Gasteiger partial charge in [0.15, 0.2) is 0 Å². The summed E-state index contributed by atoms with van der Waals surface area (Å²) in [6.07, 6.45) is 0. The minimum absolute atomic E-state index is 0.145. The van der Waals surface area contributed by atoms with Crippen molar-refractivity contribution in [2.75, 3.05) is 11.6 Å². The van der Waals surface area contributed by atoms with Crippen LogP contribution >= 0.6 is 11.8 Å². The first kappa shape index (κ1) is 14.3. The van der Waals surface area contributed by atoms with E-state index >= 15 is 0 Å². The van der Waals surface area contributed by atoms with Gasteiger partial charge in [0.05, 0.1) is 22.4 Å². The van der Waals surface area contributed by atoms with Crippen LogP contribution < -0.4 is 0 Å². The molecule has 0 saturated carbocycles. The highest BCUT2D eigenvalue weighted by molar-refractivity contribution is 7.99. The Balaban J connectivity index is 2.29. The first-order valence-electron chi connectivity index (χ1n) is 5.47. The Morgan fingerprint density at radius 2 is 2.20 bits per heavy atom. The Labute approximate surface area is 116 Å². The van der Waals surface area contributed by atoms with Gasteiger partial charge in [-0.15, -0.1) is 11.8 Å². The highest BCUT2D eigenvalue weighted by Gasteiger charge is 2.36. The predicted molar refractivity (Wildman–Crippen MR) is 68.0 cm³/mol. The number of amides is 1. The fourth-order valence-electron chi connectivity index (χ4n) is 1.79. The van der Waals surface area contributed by atoms with E-state index in [2.05, 4.69) is 0 Å². The van der Waals surface area contributed by atoms with E-state index < -0.39 is 34.3 Å². The molecule has 0 radical (unpaired) electrons. The number of rotatable bonds is 3. The van der Waals surface area contributed by atoms with E-state index in [-0.39, 0.29) is 17.2 Å². The maximum atomic E-state index is 13.7. The number of hydrogen-bond acceptors (Lipinski definition) is 5. The Kier molecular flexibility index (Phi) is 3.89. The van der Waals surface area contributed by atoms with Crippen LogP contribution in [0.4, 0.5) is 10.1 Å². The van der Waals surface area contributed by atoms with Gasteiger partial charge in [-0.2, -0.15) is 0 Å². The molecule has 1 heterocycles. The number of nitro groups is 1. The maximum Gasteiger partial charge on any atom is 0.327 e. The number of hydrogen-bond donors (Lipinski definition) is 1. The van der Waals surface area contributed by atoms with Gasteiger partial charge in [-0.1, -0.05) is 0 Å². The molecule has 1 aliphatic rings. The molecule has 0 spiro atoms. The zero-order chi connectivity index (χ0) is 14.9. The minimum Gasteiger partial charge on any atom is -0.480 e. The Hall–Kier alpha value is -2.16. The van der Waals surface area contributed by atoms with E-state index in [9.17, 15) is 24.1 Å². The standard InChI is InChI=1S/C11H9FN2O5S/c12-8-3-6(14(18)19)1-2-7(8)10(15)13-5-20-4-9(13)11(16)17/h1-3,9H,4-5H2,(H,16,17). The fraction of sp³-hybridized carbons (Fsp3) is 0.273. The van der Waals surface area contributed by atoms with Crippen LogP contribution in [-0.2, 0) is 4.79 Å². The number of non-ortho nitro benzene ring substituents is 1. The third-order valence-electron chi connectivity index (χ3n) is 2.82. The van der Waals surface area contributed by atoms with Crippen molar-refractivity contribution in [3.05, 3.63) is 39.7 Å². The van der Waals surface area contributed by atoms with E-state index in [1.807, 2.05) is 0 Å². The maximum absolute atomic E-state index is 13.7. The third kappa shape index (κ3) is 2.57. The molecule has 106 valence electrons. The van der Waals surface area contributed by atoms with Crippen molar-refractivity contribution < 1.29 is 24.0 Å². The molecule has 1 atom stereocenters. The molecule has 1 N–H and O–H groups in total. The van der Waals surface area contributed by atoms with Crippen LogP contribution in [0.3, 0.4) is 0 Å². The molecule has 1 fully saturated rings. The number of carbonyl (C=O) groups excluding carboxylic acids is 1. The monoisotopic (exact) mass is 300 g/mol. The van der Waals surface area contributed by atoms with Crippen molar-refractivity contribution in [3.8, 4) is 0 Å². The van der Waals surface area contributed by atoms with Crippen LogP contribution in [-0.4, -0.2) is 44.5 Å². The van der Waals surface area contributed by atoms with E-state index in [0.717, 1.165) is 17.0 Å². The number of benzene rings is 1. The summed E-state index contributed by atoms with van der Waals surface area (Å²) in [5.41, 5.74) is -0.839. The highest BCUT2D eigenvalue weighted by atomic mass is 32.2. The fourth-order valence-corrected chi connectivity index (χ4v) is 2.94. The van der Waals surface area contributed by atoms with Gasteiger partial charge < -0.3 is 10.0 Å². The van der Waals surface area contributed by atoms with Gasteiger partial charge in [-0.3, -0.25) is 14.9 Å². The van der Waals surface area contributed by atoms with Gasteiger partial charge in [0.25, 0.3) is 11.6 Å².